The van der Waals surface area contributed by atoms with Crippen LogP contribution in [0.1, 0.15) is 38.7 Å². The molecule has 0 amide bonds. The summed E-state index contributed by atoms with van der Waals surface area (Å²) in [6, 6.07) is 1.71. The van der Waals surface area contributed by atoms with E-state index in [1.807, 2.05) is 0 Å². The summed E-state index contributed by atoms with van der Waals surface area (Å²) in [5.74, 6) is -2.24. The van der Waals surface area contributed by atoms with Crippen molar-refractivity contribution in [2.24, 2.45) is 0 Å². The standard InChI is InChI=1S/C15H20F3O6P/c1-4-21-14(19)10-8-12(25(20,22-5-2)23-6-3)11-7-9-13(24-11)15(16,17)18/h7-9H,4-6,10H2,1-3H3/b12-8+. The average Bonchev–Trinajstić information content (AvgIpc) is 2.98. The molecular formula is C15H20F3O6P. The average molecular weight is 384 g/mol. The summed E-state index contributed by atoms with van der Waals surface area (Å²) in [5, 5.41) is -0.250. The molecule has 0 radical (unpaired) electrons. The van der Waals surface area contributed by atoms with Gasteiger partial charge in [-0.2, -0.15) is 13.2 Å². The first-order valence-electron chi connectivity index (χ1n) is 7.60. The monoisotopic (exact) mass is 384 g/mol. The van der Waals surface area contributed by atoms with Gasteiger partial charge in [0.15, 0.2) is 0 Å². The van der Waals surface area contributed by atoms with E-state index in [2.05, 4.69) is 0 Å². The van der Waals surface area contributed by atoms with E-state index in [1.165, 1.54) is 0 Å². The Morgan fingerprint density at radius 1 is 1.16 bits per heavy atom. The van der Waals surface area contributed by atoms with Gasteiger partial charge in [0.2, 0.25) is 5.76 Å². The molecule has 0 N–H and O–H groups in total. The Morgan fingerprint density at radius 2 is 1.76 bits per heavy atom. The second kappa shape index (κ2) is 9.22. The Labute approximate surface area is 143 Å². The van der Waals surface area contributed by atoms with Crippen LogP contribution in [0.15, 0.2) is 22.6 Å². The van der Waals surface area contributed by atoms with Gasteiger partial charge in [-0.25, -0.2) is 0 Å². The van der Waals surface area contributed by atoms with Gasteiger partial charge >= 0.3 is 19.7 Å². The molecule has 0 spiro atoms. The molecule has 0 atom stereocenters. The Hall–Kier alpha value is -1.57. The smallest absolute Gasteiger partial charge is 0.449 e. The molecule has 1 aromatic rings. The van der Waals surface area contributed by atoms with Gasteiger partial charge < -0.3 is 18.2 Å². The maximum absolute atomic E-state index is 12.9. The number of carbonyl (C=O) groups is 1. The quantitative estimate of drug-likeness (QED) is 0.447. The van der Waals surface area contributed by atoms with Crippen LogP contribution in [-0.2, 0) is 29.3 Å². The van der Waals surface area contributed by atoms with Crippen molar-refractivity contribution >= 4 is 18.9 Å². The number of rotatable bonds is 9. The van der Waals surface area contributed by atoms with Crippen LogP contribution in [0.25, 0.3) is 5.31 Å². The number of furan rings is 1. The highest BCUT2D eigenvalue weighted by molar-refractivity contribution is 7.65. The Morgan fingerprint density at radius 3 is 2.20 bits per heavy atom. The van der Waals surface area contributed by atoms with E-state index in [-0.39, 0.29) is 37.3 Å². The topological polar surface area (TPSA) is 75.0 Å². The number of ether oxygens (including phenoxy) is 1. The number of hydrogen-bond acceptors (Lipinski definition) is 6. The lowest BCUT2D eigenvalue weighted by Gasteiger charge is -2.19. The van der Waals surface area contributed by atoms with E-state index in [1.54, 1.807) is 20.8 Å². The molecule has 0 fully saturated rings. The molecule has 0 aliphatic heterocycles. The SMILES string of the molecule is CCOC(=O)C/C=C(\c1ccc(C(F)(F)F)o1)P(=O)(OCC)OCC. The summed E-state index contributed by atoms with van der Waals surface area (Å²) < 4.78 is 71.0. The molecule has 1 aromatic heterocycles. The van der Waals surface area contributed by atoms with Crippen molar-refractivity contribution in [3.63, 3.8) is 0 Å². The van der Waals surface area contributed by atoms with E-state index in [0.29, 0.717) is 6.07 Å². The Balaban J connectivity index is 3.31. The van der Waals surface area contributed by atoms with Crippen molar-refractivity contribution in [2.75, 3.05) is 19.8 Å². The van der Waals surface area contributed by atoms with Crippen molar-refractivity contribution in [2.45, 2.75) is 33.4 Å². The van der Waals surface area contributed by atoms with Crippen molar-refractivity contribution < 1.29 is 40.7 Å². The van der Waals surface area contributed by atoms with E-state index in [0.717, 1.165) is 12.1 Å². The predicted molar refractivity (Wildman–Crippen MR) is 83.8 cm³/mol. The van der Waals surface area contributed by atoms with Crippen LogP contribution in [0, 0.1) is 0 Å². The Kier molecular flexibility index (Phi) is 7.92. The second-order valence-electron chi connectivity index (χ2n) is 4.59. The lowest BCUT2D eigenvalue weighted by atomic mass is 10.3. The number of esters is 1. The minimum absolute atomic E-state index is 0.0130. The molecule has 10 heteroatoms. The van der Waals surface area contributed by atoms with Gasteiger partial charge in [-0.1, -0.05) is 6.08 Å². The maximum Gasteiger partial charge on any atom is 0.449 e. The molecule has 0 bridgehead atoms. The molecule has 0 saturated heterocycles. The minimum Gasteiger partial charge on any atom is -0.466 e. The third-order valence-electron chi connectivity index (χ3n) is 2.80. The first kappa shape index (κ1) is 21.5. The zero-order valence-corrected chi connectivity index (χ0v) is 15.0. The fraction of sp³-hybridized carbons (Fsp3) is 0.533. The van der Waals surface area contributed by atoms with Crippen LogP contribution in [0.2, 0.25) is 0 Å². The van der Waals surface area contributed by atoms with Gasteiger partial charge in [0.25, 0.3) is 0 Å². The number of carbonyl (C=O) groups excluding carboxylic acids is 1. The van der Waals surface area contributed by atoms with Crippen molar-refractivity contribution in [3.05, 3.63) is 29.7 Å². The van der Waals surface area contributed by atoms with Gasteiger partial charge in [0.05, 0.1) is 26.2 Å². The first-order valence-corrected chi connectivity index (χ1v) is 9.15. The predicted octanol–water partition coefficient (Wildman–Crippen LogP) is 4.86. The van der Waals surface area contributed by atoms with Gasteiger partial charge in [-0.15, -0.1) is 0 Å². The molecule has 0 aliphatic carbocycles. The molecule has 6 nitrogen and oxygen atoms in total. The van der Waals surface area contributed by atoms with Crippen LogP contribution in [0.4, 0.5) is 13.2 Å². The first-order chi connectivity index (χ1) is 11.7. The Bertz CT molecular complexity index is 640. The molecule has 1 heterocycles. The molecular weight excluding hydrogens is 364 g/mol. The van der Waals surface area contributed by atoms with Crippen LogP contribution in [0.5, 0.6) is 0 Å². The minimum atomic E-state index is -4.70. The van der Waals surface area contributed by atoms with Crippen LogP contribution in [-0.4, -0.2) is 25.8 Å². The molecule has 0 unspecified atom stereocenters. The molecule has 0 aliphatic rings. The van der Waals surface area contributed by atoms with Gasteiger partial charge in [-0.3, -0.25) is 9.36 Å². The van der Waals surface area contributed by atoms with Gasteiger partial charge in [0.1, 0.15) is 11.1 Å². The number of hydrogen-bond donors (Lipinski definition) is 0. The van der Waals surface area contributed by atoms with Crippen LogP contribution >= 0.6 is 7.60 Å². The van der Waals surface area contributed by atoms with E-state index >= 15 is 0 Å². The third kappa shape index (κ3) is 6.02. The van der Waals surface area contributed by atoms with Crippen molar-refractivity contribution in [3.8, 4) is 0 Å². The summed E-state index contributed by atoms with van der Waals surface area (Å²) in [6.07, 6.45) is -3.88. The van der Waals surface area contributed by atoms with Crippen LogP contribution in [0.3, 0.4) is 0 Å². The molecule has 142 valence electrons. The van der Waals surface area contributed by atoms with Gasteiger partial charge in [-0.05, 0) is 32.9 Å². The molecule has 0 saturated carbocycles. The highest BCUT2D eigenvalue weighted by atomic mass is 31.2. The largest absolute Gasteiger partial charge is 0.466 e. The summed E-state index contributed by atoms with van der Waals surface area (Å²) in [5.41, 5.74) is 0. The van der Waals surface area contributed by atoms with E-state index in [4.69, 9.17) is 18.2 Å². The fourth-order valence-corrected chi connectivity index (χ4v) is 3.63. The highest BCUT2D eigenvalue weighted by Gasteiger charge is 2.38. The molecule has 0 aromatic carbocycles. The van der Waals surface area contributed by atoms with Crippen molar-refractivity contribution in [1.29, 1.82) is 0 Å². The maximum atomic E-state index is 12.9. The zero-order valence-electron chi connectivity index (χ0n) is 14.1. The normalized spacial score (nSPS) is 13.1. The fourth-order valence-electron chi connectivity index (χ4n) is 1.89. The zero-order chi connectivity index (χ0) is 19.1. The summed E-state index contributed by atoms with van der Waals surface area (Å²) in [6.45, 7) is 4.82. The molecule has 25 heavy (non-hydrogen) atoms. The second-order valence-corrected chi connectivity index (χ2v) is 6.59. The highest BCUT2D eigenvalue weighted by Crippen LogP contribution is 2.61. The summed E-state index contributed by atoms with van der Waals surface area (Å²) in [7, 11) is -3.97. The number of alkyl halides is 3. The summed E-state index contributed by atoms with van der Waals surface area (Å²) >= 11 is 0. The lowest BCUT2D eigenvalue weighted by Crippen LogP contribution is -2.04. The number of halogens is 3. The van der Waals surface area contributed by atoms with E-state index < -0.39 is 25.5 Å². The summed E-state index contributed by atoms with van der Waals surface area (Å²) in [4.78, 5) is 11.5. The molecule has 1 rings (SSSR count). The van der Waals surface area contributed by atoms with Crippen LogP contribution < -0.4 is 0 Å². The van der Waals surface area contributed by atoms with Crippen molar-refractivity contribution in [1.82, 2.24) is 0 Å². The lowest BCUT2D eigenvalue weighted by molar-refractivity contribution is -0.153. The van der Waals surface area contributed by atoms with Gasteiger partial charge in [0, 0.05) is 0 Å². The third-order valence-corrected chi connectivity index (χ3v) is 4.99. The van der Waals surface area contributed by atoms with E-state index in [9.17, 15) is 22.5 Å².